The lowest BCUT2D eigenvalue weighted by Crippen LogP contribution is -2.07. The highest BCUT2D eigenvalue weighted by atomic mass is 79.9. The van der Waals surface area contributed by atoms with Crippen molar-refractivity contribution in [2.45, 2.75) is 6.92 Å². The lowest BCUT2D eigenvalue weighted by atomic mass is 10.1. The van der Waals surface area contributed by atoms with Crippen molar-refractivity contribution in [3.05, 3.63) is 33.8 Å². The Bertz CT molecular complexity index is 313. The molecule has 0 fully saturated rings. The van der Waals surface area contributed by atoms with E-state index in [-0.39, 0.29) is 0 Å². The van der Waals surface area contributed by atoms with Crippen molar-refractivity contribution < 1.29 is 9.63 Å². The van der Waals surface area contributed by atoms with Crippen LogP contribution in [0, 0.1) is 6.92 Å². The number of rotatable bonds is 2. The Morgan fingerprint density at radius 3 is 2.27 bits per heavy atom. The van der Waals surface area contributed by atoms with Gasteiger partial charge in [0, 0.05) is 24.1 Å². The van der Waals surface area contributed by atoms with Crippen LogP contribution in [-0.2, 0) is 4.84 Å². The first-order valence-electron chi connectivity index (χ1n) is 4.44. The minimum atomic E-state index is 0.745. The van der Waals surface area contributed by atoms with Crippen LogP contribution in [0.3, 0.4) is 0 Å². The number of nitrogens with zero attached hydrogens (tertiary/aromatic N) is 1. The highest BCUT2D eigenvalue weighted by Gasteiger charge is 1.97. The second kappa shape index (κ2) is 7.56. The van der Waals surface area contributed by atoms with E-state index in [1.165, 1.54) is 0 Å². The highest BCUT2D eigenvalue weighted by molar-refractivity contribution is 9.10. The summed E-state index contributed by atoms with van der Waals surface area (Å²) in [6.07, 6.45) is 0.861. The Kier molecular flexibility index (Phi) is 7.21. The van der Waals surface area contributed by atoms with Gasteiger partial charge in [0.2, 0.25) is 0 Å². The van der Waals surface area contributed by atoms with Crippen molar-refractivity contribution in [3.63, 3.8) is 0 Å². The molecule has 0 aliphatic heterocycles. The monoisotopic (exact) mass is 273 g/mol. The van der Waals surface area contributed by atoms with Gasteiger partial charge in [0.05, 0.1) is 7.11 Å². The minimum absolute atomic E-state index is 0.745. The SMILES string of the molecule is CON(C)C.Cc1c(Br)cccc1C=O. The van der Waals surface area contributed by atoms with Crippen LogP contribution in [0.15, 0.2) is 22.7 Å². The summed E-state index contributed by atoms with van der Waals surface area (Å²) in [4.78, 5) is 14.9. The van der Waals surface area contributed by atoms with Crippen LogP contribution >= 0.6 is 15.9 Å². The largest absolute Gasteiger partial charge is 0.303 e. The standard InChI is InChI=1S/C8H7BrO.C3H9NO/c1-6-7(5-10)3-2-4-8(6)9;1-4(2)5-3/h2-5H,1H3;1-3H3. The Hall–Kier alpha value is -0.710. The van der Waals surface area contributed by atoms with E-state index in [1.54, 1.807) is 18.2 Å². The molecule has 1 rings (SSSR count). The molecule has 0 saturated carbocycles. The average Bonchev–Trinajstić information content (AvgIpc) is 2.23. The van der Waals surface area contributed by atoms with Gasteiger partial charge in [-0.1, -0.05) is 28.1 Å². The van der Waals surface area contributed by atoms with Crippen molar-refractivity contribution >= 4 is 22.2 Å². The fourth-order valence-electron chi connectivity index (χ4n) is 0.752. The zero-order chi connectivity index (χ0) is 11.8. The van der Waals surface area contributed by atoms with E-state index in [2.05, 4.69) is 20.8 Å². The van der Waals surface area contributed by atoms with E-state index >= 15 is 0 Å². The molecule has 1 aromatic rings. The Labute approximate surface area is 99.1 Å². The zero-order valence-corrected chi connectivity index (χ0v) is 11.0. The maximum atomic E-state index is 10.4. The Balaban J connectivity index is 0.000000336. The zero-order valence-electron chi connectivity index (χ0n) is 9.45. The molecule has 0 unspecified atom stereocenters. The number of halogens is 1. The number of hydrogen-bond donors (Lipinski definition) is 0. The molecule has 0 bridgehead atoms. The second-order valence-electron chi connectivity index (χ2n) is 3.07. The maximum Gasteiger partial charge on any atom is 0.150 e. The fourth-order valence-corrected chi connectivity index (χ4v) is 1.13. The van der Waals surface area contributed by atoms with Gasteiger partial charge in [0.15, 0.2) is 0 Å². The van der Waals surface area contributed by atoms with Gasteiger partial charge in [0.1, 0.15) is 6.29 Å². The van der Waals surface area contributed by atoms with Gasteiger partial charge < -0.3 is 4.84 Å². The van der Waals surface area contributed by atoms with Gasteiger partial charge in [0.25, 0.3) is 0 Å². The van der Waals surface area contributed by atoms with Gasteiger partial charge in [-0.15, -0.1) is 0 Å². The average molecular weight is 274 g/mol. The fraction of sp³-hybridized carbons (Fsp3) is 0.364. The van der Waals surface area contributed by atoms with Crippen molar-refractivity contribution in [1.82, 2.24) is 5.06 Å². The second-order valence-corrected chi connectivity index (χ2v) is 3.92. The molecule has 1 aromatic carbocycles. The van der Waals surface area contributed by atoms with Crippen LogP contribution in [0.5, 0.6) is 0 Å². The third kappa shape index (κ3) is 5.67. The number of carbonyl (C=O) groups excluding carboxylic acids is 1. The van der Waals surface area contributed by atoms with E-state index < -0.39 is 0 Å². The van der Waals surface area contributed by atoms with Gasteiger partial charge >= 0.3 is 0 Å². The van der Waals surface area contributed by atoms with E-state index in [9.17, 15) is 4.79 Å². The molecule has 4 heteroatoms. The van der Waals surface area contributed by atoms with Crippen molar-refractivity contribution in [1.29, 1.82) is 0 Å². The van der Waals surface area contributed by atoms with Crippen LogP contribution in [0.1, 0.15) is 15.9 Å². The van der Waals surface area contributed by atoms with Crippen LogP contribution < -0.4 is 0 Å². The predicted octanol–water partition coefficient (Wildman–Crippen LogP) is 2.68. The molecule has 84 valence electrons. The van der Waals surface area contributed by atoms with Crippen LogP contribution in [0.2, 0.25) is 0 Å². The summed E-state index contributed by atoms with van der Waals surface area (Å²) >= 11 is 3.33. The lowest BCUT2D eigenvalue weighted by Gasteiger charge is -2.01. The van der Waals surface area contributed by atoms with Crippen LogP contribution in [-0.4, -0.2) is 32.6 Å². The molecule has 0 aliphatic rings. The number of hydrogen-bond acceptors (Lipinski definition) is 3. The number of carbonyl (C=O) groups is 1. The first-order chi connectivity index (χ1) is 7.02. The summed E-state index contributed by atoms with van der Waals surface area (Å²) in [5.41, 5.74) is 1.74. The first kappa shape index (κ1) is 14.3. The summed E-state index contributed by atoms with van der Waals surface area (Å²) in [6.45, 7) is 1.91. The van der Waals surface area contributed by atoms with Crippen LogP contribution in [0.4, 0.5) is 0 Å². The molecular formula is C11H16BrNO2. The summed E-state index contributed by atoms with van der Waals surface area (Å²) < 4.78 is 0.983. The summed E-state index contributed by atoms with van der Waals surface area (Å²) in [7, 11) is 5.29. The third-order valence-corrected chi connectivity index (χ3v) is 2.66. The molecule has 0 atom stereocenters. The molecule has 0 aromatic heterocycles. The molecule has 0 radical (unpaired) electrons. The maximum absolute atomic E-state index is 10.4. The van der Waals surface area contributed by atoms with Crippen LogP contribution in [0.25, 0.3) is 0 Å². The molecule has 15 heavy (non-hydrogen) atoms. The Morgan fingerprint density at radius 2 is 1.93 bits per heavy atom. The minimum Gasteiger partial charge on any atom is -0.303 e. The smallest absolute Gasteiger partial charge is 0.150 e. The van der Waals surface area contributed by atoms with Gasteiger partial charge in [-0.25, -0.2) is 0 Å². The number of hydroxylamine groups is 2. The molecule has 0 saturated heterocycles. The highest BCUT2D eigenvalue weighted by Crippen LogP contribution is 2.17. The van der Waals surface area contributed by atoms with Crippen molar-refractivity contribution in [3.8, 4) is 0 Å². The van der Waals surface area contributed by atoms with E-state index in [0.29, 0.717) is 0 Å². The van der Waals surface area contributed by atoms with E-state index in [1.807, 2.05) is 33.2 Å². The molecule has 0 amide bonds. The summed E-state index contributed by atoms with van der Waals surface area (Å²) in [5.74, 6) is 0. The number of aldehydes is 1. The quantitative estimate of drug-likeness (QED) is 0.613. The summed E-state index contributed by atoms with van der Waals surface area (Å²) in [6, 6.07) is 5.57. The Morgan fingerprint density at radius 1 is 1.40 bits per heavy atom. The van der Waals surface area contributed by atoms with E-state index in [0.717, 1.165) is 21.9 Å². The molecule has 3 nitrogen and oxygen atoms in total. The molecule has 0 aliphatic carbocycles. The topological polar surface area (TPSA) is 29.5 Å². The predicted molar refractivity (Wildman–Crippen MR) is 65.0 cm³/mol. The van der Waals surface area contributed by atoms with Gasteiger partial charge in [-0.3, -0.25) is 4.79 Å². The molecule has 0 heterocycles. The lowest BCUT2D eigenvalue weighted by molar-refractivity contribution is -0.0855. The van der Waals surface area contributed by atoms with Gasteiger partial charge in [-0.05, 0) is 18.6 Å². The van der Waals surface area contributed by atoms with Gasteiger partial charge in [-0.2, -0.15) is 5.06 Å². The van der Waals surface area contributed by atoms with Crippen molar-refractivity contribution in [2.24, 2.45) is 0 Å². The number of benzene rings is 1. The summed E-state index contributed by atoms with van der Waals surface area (Å²) in [5, 5.41) is 1.62. The third-order valence-electron chi connectivity index (χ3n) is 1.80. The molecule has 0 N–H and O–H groups in total. The van der Waals surface area contributed by atoms with E-state index in [4.69, 9.17) is 0 Å². The molecular weight excluding hydrogens is 258 g/mol. The molecule has 0 spiro atoms. The first-order valence-corrected chi connectivity index (χ1v) is 5.24. The normalized spacial score (nSPS) is 9.47. The van der Waals surface area contributed by atoms with Crippen molar-refractivity contribution in [2.75, 3.05) is 21.2 Å².